The maximum atomic E-state index is 10.1. The van der Waals surface area contributed by atoms with E-state index >= 15 is 0 Å². The first kappa shape index (κ1) is 7.56. The van der Waals surface area contributed by atoms with Gasteiger partial charge in [-0.3, -0.25) is 4.79 Å². The number of esters is 1. The fraction of sp³-hybridized carbons (Fsp3) is 0.600. The number of thiocarbonyl (C=S) groups is 1. The standard InChI is InChI=1S/C5H7O2S/c1-4(3-8)7-5(2)6/h4H,1-2H3. The summed E-state index contributed by atoms with van der Waals surface area (Å²) in [6, 6.07) is 0. The Balaban J connectivity index is 3.38. The Morgan fingerprint density at radius 1 is 1.88 bits per heavy atom. The normalized spacial score (nSPS) is 12.2. The highest BCUT2D eigenvalue weighted by Crippen LogP contribution is 1.85. The maximum absolute atomic E-state index is 10.1. The lowest BCUT2D eigenvalue weighted by molar-refractivity contribution is -0.142. The monoisotopic (exact) mass is 131 g/mol. The minimum atomic E-state index is -0.359. The summed E-state index contributed by atoms with van der Waals surface area (Å²) in [6.07, 6.45) is -0.359. The molecule has 0 aromatic rings. The summed E-state index contributed by atoms with van der Waals surface area (Å²) in [5, 5.41) is 2.34. The van der Waals surface area contributed by atoms with E-state index in [-0.39, 0.29) is 12.1 Å². The molecule has 1 unspecified atom stereocenters. The van der Waals surface area contributed by atoms with Gasteiger partial charge in [0.25, 0.3) is 0 Å². The molecule has 0 saturated carbocycles. The Bertz CT molecular complexity index is 101. The average molecular weight is 131 g/mol. The molecular formula is C5H7O2S. The Labute approximate surface area is 53.8 Å². The summed E-state index contributed by atoms with van der Waals surface area (Å²) in [5.74, 6) is -0.324. The van der Waals surface area contributed by atoms with Gasteiger partial charge in [-0.15, -0.1) is 0 Å². The van der Waals surface area contributed by atoms with Crippen LogP contribution in [0, 0.1) is 0 Å². The summed E-state index contributed by atoms with van der Waals surface area (Å²) in [5.41, 5.74) is 0. The lowest BCUT2D eigenvalue weighted by atomic mass is 10.5. The zero-order valence-electron chi connectivity index (χ0n) is 4.80. The third kappa shape index (κ3) is 3.74. The van der Waals surface area contributed by atoms with Gasteiger partial charge in [-0.1, -0.05) is 12.2 Å². The third-order valence-corrected chi connectivity index (χ3v) is 0.841. The van der Waals surface area contributed by atoms with Crippen LogP contribution >= 0.6 is 12.2 Å². The first-order valence-corrected chi connectivity index (χ1v) is 2.62. The van der Waals surface area contributed by atoms with E-state index in [1.165, 1.54) is 6.92 Å². The van der Waals surface area contributed by atoms with Gasteiger partial charge in [0, 0.05) is 6.92 Å². The molecule has 0 spiro atoms. The van der Waals surface area contributed by atoms with Crippen molar-refractivity contribution < 1.29 is 9.53 Å². The molecule has 0 heterocycles. The molecule has 3 heteroatoms. The molecule has 45 valence electrons. The highest BCUT2D eigenvalue weighted by atomic mass is 32.1. The quantitative estimate of drug-likeness (QED) is 0.410. The van der Waals surface area contributed by atoms with Crippen molar-refractivity contribution in [3.05, 3.63) is 0 Å². The van der Waals surface area contributed by atoms with Gasteiger partial charge >= 0.3 is 5.97 Å². The van der Waals surface area contributed by atoms with Crippen molar-refractivity contribution in [2.75, 3.05) is 0 Å². The number of rotatable bonds is 2. The second kappa shape index (κ2) is 3.55. The fourth-order valence-corrected chi connectivity index (χ4v) is 0.321. The van der Waals surface area contributed by atoms with Crippen molar-refractivity contribution in [2.24, 2.45) is 0 Å². The van der Waals surface area contributed by atoms with Gasteiger partial charge in [0.15, 0.2) is 0 Å². The zero-order valence-corrected chi connectivity index (χ0v) is 5.62. The van der Waals surface area contributed by atoms with Crippen molar-refractivity contribution >= 4 is 23.6 Å². The molecule has 0 aliphatic heterocycles. The predicted molar refractivity (Wildman–Crippen MR) is 33.8 cm³/mol. The van der Waals surface area contributed by atoms with E-state index in [9.17, 15) is 4.79 Å². The van der Waals surface area contributed by atoms with E-state index in [2.05, 4.69) is 22.3 Å². The lowest BCUT2D eigenvalue weighted by Crippen LogP contribution is -2.11. The molecule has 0 aromatic carbocycles. The molecule has 0 saturated heterocycles. The van der Waals surface area contributed by atoms with Gasteiger partial charge in [0.2, 0.25) is 0 Å². The van der Waals surface area contributed by atoms with Crippen molar-refractivity contribution in [1.29, 1.82) is 0 Å². The molecule has 8 heavy (non-hydrogen) atoms. The van der Waals surface area contributed by atoms with E-state index in [4.69, 9.17) is 0 Å². The minimum Gasteiger partial charge on any atom is -0.457 e. The zero-order chi connectivity index (χ0) is 6.57. The first-order chi connectivity index (χ1) is 3.66. The molecule has 2 nitrogen and oxygen atoms in total. The van der Waals surface area contributed by atoms with Crippen LogP contribution in [0.1, 0.15) is 13.8 Å². The van der Waals surface area contributed by atoms with E-state index in [0.29, 0.717) is 0 Å². The van der Waals surface area contributed by atoms with Gasteiger partial charge in [0.1, 0.15) is 6.10 Å². The molecule has 0 bridgehead atoms. The Hall–Kier alpha value is -0.440. The molecule has 0 aliphatic rings. The van der Waals surface area contributed by atoms with Crippen LogP contribution in [0.5, 0.6) is 0 Å². The summed E-state index contributed by atoms with van der Waals surface area (Å²) < 4.78 is 4.55. The van der Waals surface area contributed by atoms with Crippen LogP contribution in [0.2, 0.25) is 0 Å². The van der Waals surface area contributed by atoms with E-state index in [0.717, 1.165) is 0 Å². The van der Waals surface area contributed by atoms with Gasteiger partial charge < -0.3 is 4.74 Å². The summed E-state index contributed by atoms with van der Waals surface area (Å²) in [7, 11) is 0. The van der Waals surface area contributed by atoms with Crippen LogP contribution < -0.4 is 0 Å². The van der Waals surface area contributed by atoms with Gasteiger partial charge in [-0.05, 0) is 6.92 Å². The molecule has 0 amide bonds. The first-order valence-electron chi connectivity index (χ1n) is 2.21. The van der Waals surface area contributed by atoms with Crippen LogP contribution in [0.25, 0.3) is 0 Å². The SMILES string of the molecule is CC(=O)OC(C)[C]=S. The molecular weight excluding hydrogens is 124 g/mol. The average Bonchev–Trinajstić information content (AvgIpc) is 1.65. The minimum absolute atomic E-state index is 0.324. The summed E-state index contributed by atoms with van der Waals surface area (Å²) in [6.45, 7) is 3.00. The number of carbonyl (C=O) groups excluding carboxylic acids is 1. The maximum Gasteiger partial charge on any atom is 0.303 e. The van der Waals surface area contributed by atoms with E-state index < -0.39 is 0 Å². The van der Waals surface area contributed by atoms with Crippen LogP contribution in [-0.2, 0) is 9.53 Å². The van der Waals surface area contributed by atoms with Crippen LogP contribution in [0.4, 0.5) is 0 Å². The second-order valence-corrected chi connectivity index (χ2v) is 1.61. The number of hydrogen-bond donors (Lipinski definition) is 0. The van der Waals surface area contributed by atoms with Crippen LogP contribution in [0.15, 0.2) is 0 Å². The number of hydrogen-bond acceptors (Lipinski definition) is 3. The largest absolute Gasteiger partial charge is 0.457 e. The van der Waals surface area contributed by atoms with E-state index in [1.807, 2.05) is 0 Å². The molecule has 1 atom stereocenters. The van der Waals surface area contributed by atoms with Crippen LogP contribution in [-0.4, -0.2) is 17.4 Å². The number of carbonyl (C=O) groups is 1. The van der Waals surface area contributed by atoms with E-state index in [1.54, 1.807) is 6.92 Å². The van der Waals surface area contributed by atoms with Crippen molar-refractivity contribution in [1.82, 2.24) is 0 Å². The van der Waals surface area contributed by atoms with Crippen LogP contribution in [0.3, 0.4) is 0 Å². The summed E-state index contributed by atoms with van der Waals surface area (Å²) in [4.78, 5) is 10.1. The van der Waals surface area contributed by atoms with Crippen molar-refractivity contribution in [3.8, 4) is 0 Å². The van der Waals surface area contributed by atoms with Crippen molar-refractivity contribution in [3.63, 3.8) is 0 Å². The topological polar surface area (TPSA) is 26.3 Å². The fourth-order valence-electron chi connectivity index (χ4n) is 0.273. The molecule has 0 aliphatic carbocycles. The molecule has 0 fully saturated rings. The van der Waals surface area contributed by atoms with Crippen molar-refractivity contribution in [2.45, 2.75) is 20.0 Å². The van der Waals surface area contributed by atoms with Gasteiger partial charge in [0.05, 0.1) is 5.37 Å². The lowest BCUT2D eigenvalue weighted by Gasteiger charge is -2.01. The highest BCUT2D eigenvalue weighted by Gasteiger charge is 1.98. The Morgan fingerprint density at radius 3 is 2.50 bits per heavy atom. The summed E-state index contributed by atoms with van der Waals surface area (Å²) >= 11 is 4.37. The number of ether oxygens (including phenoxy) is 1. The Kier molecular flexibility index (Phi) is 3.35. The molecule has 0 N–H and O–H groups in total. The third-order valence-electron chi connectivity index (χ3n) is 0.509. The predicted octanol–water partition coefficient (Wildman–Crippen LogP) is 0.815. The van der Waals surface area contributed by atoms with Gasteiger partial charge in [-0.2, -0.15) is 0 Å². The highest BCUT2D eigenvalue weighted by molar-refractivity contribution is 7.79. The Morgan fingerprint density at radius 2 is 2.38 bits per heavy atom. The van der Waals surface area contributed by atoms with Gasteiger partial charge in [-0.25, -0.2) is 0 Å². The second-order valence-electron chi connectivity index (χ2n) is 1.37. The molecule has 0 aromatic heterocycles. The molecule has 0 rings (SSSR count). The smallest absolute Gasteiger partial charge is 0.303 e. The molecule has 1 radical (unpaired) electrons.